The topological polar surface area (TPSA) is 47.3 Å². The molecular weight excluding hydrogens is 200 g/mol. The molecule has 16 heavy (non-hydrogen) atoms. The summed E-state index contributed by atoms with van der Waals surface area (Å²) in [5.41, 5.74) is 6.10. The Hall–Kier alpha value is -0.380. The molecule has 0 radical (unpaired) electrons. The molecule has 2 aliphatic carbocycles. The summed E-state index contributed by atoms with van der Waals surface area (Å²) in [5.74, 6) is 0.618. The summed E-state index contributed by atoms with van der Waals surface area (Å²) < 4.78 is 5.45. The average molecular weight is 224 g/mol. The van der Waals surface area contributed by atoms with E-state index in [9.17, 15) is 0 Å². The molecule has 0 aromatic carbocycles. The maximum atomic E-state index is 5.84. The zero-order valence-electron chi connectivity index (χ0n) is 10.6. The summed E-state index contributed by atoms with van der Waals surface area (Å²) in [4.78, 5) is 0. The van der Waals surface area contributed by atoms with E-state index < -0.39 is 0 Å². The molecule has 3 heteroatoms. The van der Waals surface area contributed by atoms with Crippen molar-refractivity contribution in [1.82, 2.24) is 5.32 Å². The van der Waals surface area contributed by atoms with Gasteiger partial charge in [-0.1, -0.05) is 26.0 Å². The fourth-order valence-electron chi connectivity index (χ4n) is 2.88. The van der Waals surface area contributed by atoms with E-state index >= 15 is 0 Å². The van der Waals surface area contributed by atoms with Crippen LogP contribution in [0.5, 0.6) is 0 Å². The fraction of sp³-hybridized carbons (Fsp3) is 0.846. The molecular formula is C13H24N2O. The number of hydrogen-bond acceptors (Lipinski definition) is 3. The van der Waals surface area contributed by atoms with Crippen molar-refractivity contribution < 1.29 is 4.74 Å². The van der Waals surface area contributed by atoms with Crippen molar-refractivity contribution in [3.05, 3.63) is 12.2 Å². The van der Waals surface area contributed by atoms with Crippen LogP contribution in [0.1, 0.15) is 26.7 Å². The van der Waals surface area contributed by atoms with Crippen LogP contribution < -0.4 is 11.1 Å². The second-order valence-corrected chi connectivity index (χ2v) is 5.79. The van der Waals surface area contributed by atoms with Crippen molar-refractivity contribution in [3.63, 3.8) is 0 Å². The molecule has 0 aromatic heterocycles. The second-order valence-electron chi connectivity index (χ2n) is 5.79. The minimum absolute atomic E-state index is 0.263. The molecule has 0 spiro atoms. The van der Waals surface area contributed by atoms with Gasteiger partial charge in [0, 0.05) is 31.2 Å². The second kappa shape index (κ2) is 4.47. The normalized spacial score (nSPS) is 41.0. The Morgan fingerprint density at radius 2 is 2.12 bits per heavy atom. The summed E-state index contributed by atoms with van der Waals surface area (Å²) in [6.07, 6.45) is 7.00. The predicted octanol–water partition coefficient (Wildman–Crippen LogP) is 1.29. The number of methoxy groups -OCH3 is 1. The van der Waals surface area contributed by atoms with E-state index in [4.69, 9.17) is 10.5 Å². The Balaban J connectivity index is 1.74. The highest BCUT2D eigenvalue weighted by Gasteiger charge is 2.48. The zero-order valence-corrected chi connectivity index (χ0v) is 10.6. The molecule has 4 unspecified atom stereocenters. The van der Waals surface area contributed by atoms with Crippen molar-refractivity contribution in [2.45, 2.75) is 44.9 Å². The quantitative estimate of drug-likeness (QED) is 0.707. The lowest BCUT2D eigenvalue weighted by atomic mass is 9.64. The Kier molecular flexibility index (Phi) is 3.38. The first-order chi connectivity index (χ1) is 7.54. The van der Waals surface area contributed by atoms with Crippen molar-refractivity contribution >= 4 is 0 Å². The van der Waals surface area contributed by atoms with Crippen molar-refractivity contribution in [1.29, 1.82) is 0 Å². The smallest absolute Gasteiger partial charge is 0.0652 e. The Morgan fingerprint density at radius 3 is 2.62 bits per heavy atom. The van der Waals surface area contributed by atoms with Gasteiger partial charge in [-0.25, -0.2) is 0 Å². The van der Waals surface area contributed by atoms with Gasteiger partial charge >= 0.3 is 0 Å². The molecule has 0 heterocycles. The van der Waals surface area contributed by atoms with Gasteiger partial charge in [0.2, 0.25) is 0 Å². The zero-order chi connectivity index (χ0) is 11.8. The van der Waals surface area contributed by atoms with E-state index in [1.807, 2.05) is 0 Å². The van der Waals surface area contributed by atoms with Gasteiger partial charge in [-0.15, -0.1) is 0 Å². The van der Waals surface area contributed by atoms with Crippen molar-refractivity contribution in [2.75, 3.05) is 13.7 Å². The van der Waals surface area contributed by atoms with Crippen LogP contribution in [0.25, 0.3) is 0 Å². The lowest BCUT2D eigenvalue weighted by molar-refractivity contribution is -0.0977. The average Bonchev–Trinajstić information content (AvgIpc) is 2.63. The van der Waals surface area contributed by atoms with Crippen LogP contribution in [0.2, 0.25) is 0 Å². The van der Waals surface area contributed by atoms with Gasteiger partial charge in [-0.2, -0.15) is 0 Å². The summed E-state index contributed by atoms with van der Waals surface area (Å²) in [6, 6.07) is 0.857. The number of hydrogen-bond donors (Lipinski definition) is 2. The third-order valence-electron chi connectivity index (χ3n) is 4.29. The minimum Gasteiger partial charge on any atom is -0.381 e. The SMILES string of the molecule is COC1CC(NCC2C=CC(N)C2)C1(C)C. The highest BCUT2D eigenvalue weighted by Crippen LogP contribution is 2.42. The Morgan fingerprint density at radius 1 is 1.38 bits per heavy atom. The Bertz CT molecular complexity index is 275. The van der Waals surface area contributed by atoms with Crippen LogP contribution in [0.15, 0.2) is 12.2 Å². The van der Waals surface area contributed by atoms with E-state index in [0.29, 0.717) is 18.1 Å². The van der Waals surface area contributed by atoms with Gasteiger partial charge in [0.25, 0.3) is 0 Å². The van der Waals surface area contributed by atoms with Gasteiger partial charge in [0.15, 0.2) is 0 Å². The van der Waals surface area contributed by atoms with Gasteiger partial charge in [-0.05, 0) is 18.8 Å². The van der Waals surface area contributed by atoms with Crippen molar-refractivity contribution in [2.24, 2.45) is 17.1 Å². The molecule has 1 fully saturated rings. The van der Waals surface area contributed by atoms with Crippen LogP contribution in [0, 0.1) is 11.3 Å². The molecule has 2 rings (SSSR count). The molecule has 0 aliphatic heterocycles. The van der Waals surface area contributed by atoms with E-state index in [1.54, 1.807) is 7.11 Å². The van der Waals surface area contributed by atoms with Gasteiger partial charge < -0.3 is 15.8 Å². The highest BCUT2D eigenvalue weighted by atomic mass is 16.5. The molecule has 2 aliphatic rings. The molecule has 1 saturated carbocycles. The van der Waals surface area contributed by atoms with Gasteiger partial charge in [-0.3, -0.25) is 0 Å². The summed E-state index contributed by atoms with van der Waals surface area (Å²) in [7, 11) is 1.81. The maximum Gasteiger partial charge on any atom is 0.0652 e. The first-order valence-corrected chi connectivity index (χ1v) is 6.24. The molecule has 0 saturated heterocycles. The number of nitrogens with one attached hydrogen (secondary N) is 1. The van der Waals surface area contributed by atoms with E-state index in [-0.39, 0.29) is 11.5 Å². The van der Waals surface area contributed by atoms with Crippen LogP contribution in [0.3, 0.4) is 0 Å². The Labute approximate surface area is 98.4 Å². The summed E-state index contributed by atoms with van der Waals surface area (Å²) in [6.45, 7) is 5.60. The van der Waals surface area contributed by atoms with Gasteiger partial charge in [0.05, 0.1) is 6.10 Å². The molecule has 0 amide bonds. The third kappa shape index (κ3) is 2.17. The first-order valence-electron chi connectivity index (χ1n) is 6.24. The monoisotopic (exact) mass is 224 g/mol. The molecule has 0 aromatic rings. The first kappa shape index (κ1) is 12.1. The van der Waals surface area contributed by atoms with Crippen LogP contribution >= 0.6 is 0 Å². The standard InChI is InChI=1S/C13H24N2O/c1-13(2)11(7-12(13)16-3)15-8-9-4-5-10(14)6-9/h4-5,9-12,15H,6-8,14H2,1-3H3. The molecule has 3 nitrogen and oxygen atoms in total. The minimum atomic E-state index is 0.263. The molecule has 3 N–H and O–H groups in total. The van der Waals surface area contributed by atoms with Crippen LogP contribution in [0.4, 0.5) is 0 Å². The van der Waals surface area contributed by atoms with Crippen LogP contribution in [-0.2, 0) is 4.74 Å². The molecule has 92 valence electrons. The molecule has 4 atom stereocenters. The van der Waals surface area contributed by atoms with Crippen molar-refractivity contribution in [3.8, 4) is 0 Å². The largest absolute Gasteiger partial charge is 0.381 e. The lowest BCUT2D eigenvalue weighted by Crippen LogP contribution is -2.61. The lowest BCUT2D eigenvalue weighted by Gasteiger charge is -2.51. The number of nitrogens with two attached hydrogens (primary N) is 1. The number of ether oxygens (including phenoxy) is 1. The van der Waals surface area contributed by atoms with E-state index in [0.717, 1.165) is 19.4 Å². The highest BCUT2D eigenvalue weighted by molar-refractivity contribution is 5.07. The third-order valence-corrected chi connectivity index (χ3v) is 4.29. The van der Waals surface area contributed by atoms with E-state index in [2.05, 4.69) is 31.3 Å². The van der Waals surface area contributed by atoms with Gasteiger partial charge in [0.1, 0.15) is 0 Å². The predicted molar refractivity (Wildman–Crippen MR) is 66.2 cm³/mol. The van der Waals surface area contributed by atoms with Crippen LogP contribution in [-0.4, -0.2) is 31.8 Å². The summed E-state index contributed by atoms with van der Waals surface area (Å²) >= 11 is 0. The molecule has 0 bridgehead atoms. The maximum absolute atomic E-state index is 5.84. The summed E-state index contributed by atoms with van der Waals surface area (Å²) in [5, 5.41) is 3.65. The number of rotatable bonds is 4. The van der Waals surface area contributed by atoms with E-state index in [1.165, 1.54) is 0 Å². The fourth-order valence-corrected chi connectivity index (χ4v) is 2.88.